The Kier molecular flexibility index (Phi) is 2.59. The number of carbonyl (C=O) groups is 1. The van der Waals surface area contributed by atoms with Gasteiger partial charge in [0, 0.05) is 12.8 Å². The van der Waals surface area contributed by atoms with Crippen LogP contribution in [0.5, 0.6) is 0 Å². The number of hydrogen-bond donors (Lipinski definition) is 2. The van der Waals surface area contributed by atoms with Gasteiger partial charge in [-0.25, -0.2) is 0 Å². The highest BCUT2D eigenvalue weighted by molar-refractivity contribution is 5.74. The van der Waals surface area contributed by atoms with Crippen molar-refractivity contribution >= 4 is 12.2 Å². The summed E-state index contributed by atoms with van der Waals surface area (Å²) in [5, 5.41) is 8.47. The Hall–Kier alpha value is -0.900. The van der Waals surface area contributed by atoms with E-state index in [0.29, 0.717) is 6.42 Å². The predicted octanol–water partition coefficient (Wildman–Crippen LogP) is -0.121. The molecule has 0 bridgehead atoms. The van der Waals surface area contributed by atoms with Crippen molar-refractivity contribution in [1.82, 2.24) is 0 Å². The molecule has 1 rings (SSSR count). The molecule has 2 atom stereocenters. The number of carboxylic acid groups (broad SMARTS) is 1. The maximum absolute atomic E-state index is 10.3. The number of aliphatic imine (C=N–C) groups is 1. The summed E-state index contributed by atoms with van der Waals surface area (Å²) in [4.78, 5) is 14.3. The van der Waals surface area contributed by atoms with Gasteiger partial charge in [0.2, 0.25) is 0 Å². The first-order valence-electron chi connectivity index (χ1n) is 3.68. The molecule has 11 heavy (non-hydrogen) atoms. The standard InChI is InChI=1S/C7H12N2O2/c8-6(7(10)11)3-5-1-2-9-4-5/h4-6H,1-3,8H2,(H,10,11). The maximum atomic E-state index is 10.3. The van der Waals surface area contributed by atoms with Crippen LogP contribution in [0.15, 0.2) is 4.99 Å². The van der Waals surface area contributed by atoms with E-state index in [4.69, 9.17) is 10.8 Å². The third-order valence-electron chi connectivity index (χ3n) is 1.82. The van der Waals surface area contributed by atoms with Crippen molar-refractivity contribution in [1.29, 1.82) is 0 Å². The van der Waals surface area contributed by atoms with Crippen LogP contribution < -0.4 is 5.73 Å². The van der Waals surface area contributed by atoms with Gasteiger partial charge in [-0.15, -0.1) is 0 Å². The molecule has 1 heterocycles. The number of nitrogens with zero attached hydrogens (tertiary/aromatic N) is 1. The van der Waals surface area contributed by atoms with Crippen molar-refractivity contribution in [2.75, 3.05) is 6.54 Å². The van der Waals surface area contributed by atoms with Gasteiger partial charge in [-0.3, -0.25) is 9.79 Å². The first-order valence-corrected chi connectivity index (χ1v) is 3.68. The topological polar surface area (TPSA) is 75.7 Å². The van der Waals surface area contributed by atoms with Crippen LogP contribution in [0.4, 0.5) is 0 Å². The van der Waals surface area contributed by atoms with Gasteiger partial charge >= 0.3 is 5.97 Å². The van der Waals surface area contributed by atoms with Gasteiger partial charge in [0.15, 0.2) is 0 Å². The Labute approximate surface area is 65.1 Å². The lowest BCUT2D eigenvalue weighted by Gasteiger charge is -2.08. The van der Waals surface area contributed by atoms with Crippen LogP contribution in [0.3, 0.4) is 0 Å². The van der Waals surface area contributed by atoms with Crippen LogP contribution in [-0.4, -0.2) is 29.9 Å². The van der Waals surface area contributed by atoms with Gasteiger partial charge < -0.3 is 10.8 Å². The number of hydrogen-bond acceptors (Lipinski definition) is 3. The van der Waals surface area contributed by atoms with Gasteiger partial charge in [-0.05, 0) is 18.8 Å². The smallest absolute Gasteiger partial charge is 0.320 e. The van der Waals surface area contributed by atoms with E-state index in [1.807, 2.05) is 6.21 Å². The summed E-state index contributed by atoms with van der Waals surface area (Å²) in [7, 11) is 0. The molecule has 0 aliphatic carbocycles. The number of rotatable bonds is 3. The minimum atomic E-state index is -0.926. The second-order valence-electron chi connectivity index (χ2n) is 2.78. The third-order valence-corrected chi connectivity index (χ3v) is 1.82. The average molecular weight is 156 g/mol. The Bertz CT molecular complexity index is 179. The number of aliphatic carboxylic acids is 1. The minimum Gasteiger partial charge on any atom is -0.480 e. The summed E-state index contributed by atoms with van der Waals surface area (Å²) >= 11 is 0. The summed E-state index contributed by atoms with van der Waals surface area (Å²) in [5.41, 5.74) is 5.34. The van der Waals surface area contributed by atoms with Crippen molar-refractivity contribution in [3.05, 3.63) is 0 Å². The molecule has 0 fully saturated rings. The molecule has 4 heteroatoms. The molecule has 4 nitrogen and oxygen atoms in total. The molecule has 2 unspecified atom stereocenters. The normalized spacial score (nSPS) is 25.4. The molecule has 1 aliphatic rings. The number of nitrogens with two attached hydrogens (primary N) is 1. The monoisotopic (exact) mass is 156 g/mol. The van der Waals surface area contributed by atoms with Crippen LogP contribution in [0.2, 0.25) is 0 Å². The van der Waals surface area contributed by atoms with Crippen molar-refractivity contribution in [3.63, 3.8) is 0 Å². The molecule has 0 saturated carbocycles. The molecule has 0 aromatic heterocycles. The SMILES string of the molecule is NC(CC1C=NCC1)C(=O)O. The Balaban J connectivity index is 2.29. The average Bonchev–Trinajstić information content (AvgIpc) is 2.39. The lowest BCUT2D eigenvalue weighted by atomic mass is 10.0. The van der Waals surface area contributed by atoms with Gasteiger partial charge in [0.1, 0.15) is 6.04 Å². The first kappa shape index (κ1) is 8.20. The van der Waals surface area contributed by atoms with E-state index >= 15 is 0 Å². The highest BCUT2D eigenvalue weighted by Gasteiger charge is 2.18. The molecular weight excluding hydrogens is 144 g/mol. The Morgan fingerprint density at radius 3 is 3.09 bits per heavy atom. The van der Waals surface area contributed by atoms with E-state index in [1.165, 1.54) is 0 Å². The molecule has 0 radical (unpaired) electrons. The Morgan fingerprint density at radius 2 is 2.64 bits per heavy atom. The number of carboxylic acids is 1. The fourth-order valence-electron chi connectivity index (χ4n) is 1.14. The van der Waals surface area contributed by atoms with E-state index in [2.05, 4.69) is 4.99 Å². The summed E-state index contributed by atoms with van der Waals surface area (Å²) in [5.74, 6) is -0.647. The highest BCUT2D eigenvalue weighted by atomic mass is 16.4. The fraction of sp³-hybridized carbons (Fsp3) is 0.714. The molecular formula is C7H12N2O2. The summed E-state index contributed by atoms with van der Waals surface area (Å²) in [6, 6.07) is -0.732. The second-order valence-corrected chi connectivity index (χ2v) is 2.78. The predicted molar refractivity (Wildman–Crippen MR) is 41.7 cm³/mol. The summed E-state index contributed by atoms with van der Waals surface area (Å²) in [6.07, 6.45) is 3.27. The molecule has 0 saturated heterocycles. The lowest BCUT2D eigenvalue weighted by Crippen LogP contribution is -2.32. The largest absolute Gasteiger partial charge is 0.480 e. The van der Waals surface area contributed by atoms with Crippen molar-refractivity contribution in [3.8, 4) is 0 Å². The highest BCUT2D eigenvalue weighted by Crippen LogP contribution is 2.13. The van der Waals surface area contributed by atoms with Crippen LogP contribution in [0.1, 0.15) is 12.8 Å². The maximum Gasteiger partial charge on any atom is 0.320 e. The zero-order valence-electron chi connectivity index (χ0n) is 6.23. The van der Waals surface area contributed by atoms with Crippen LogP contribution >= 0.6 is 0 Å². The molecule has 1 aliphatic heterocycles. The van der Waals surface area contributed by atoms with Gasteiger partial charge in [0.05, 0.1) is 0 Å². The molecule has 0 aromatic carbocycles. The lowest BCUT2D eigenvalue weighted by molar-refractivity contribution is -0.138. The minimum absolute atomic E-state index is 0.279. The molecule has 0 amide bonds. The zero-order valence-corrected chi connectivity index (χ0v) is 6.23. The second kappa shape index (κ2) is 3.48. The van der Waals surface area contributed by atoms with Crippen molar-refractivity contribution in [2.45, 2.75) is 18.9 Å². The van der Waals surface area contributed by atoms with E-state index in [-0.39, 0.29) is 5.92 Å². The van der Waals surface area contributed by atoms with Crippen molar-refractivity contribution < 1.29 is 9.90 Å². The van der Waals surface area contributed by atoms with Crippen LogP contribution in [0, 0.1) is 5.92 Å². The van der Waals surface area contributed by atoms with Gasteiger partial charge in [-0.2, -0.15) is 0 Å². The first-order chi connectivity index (χ1) is 5.20. The third kappa shape index (κ3) is 2.31. The van der Waals surface area contributed by atoms with E-state index < -0.39 is 12.0 Å². The zero-order chi connectivity index (χ0) is 8.27. The molecule has 0 spiro atoms. The molecule has 62 valence electrons. The van der Waals surface area contributed by atoms with Crippen LogP contribution in [0.25, 0.3) is 0 Å². The Morgan fingerprint density at radius 1 is 1.91 bits per heavy atom. The van der Waals surface area contributed by atoms with Crippen molar-refractivity contribution in [2.24, 2.45) is 16.6 Å². The summed E-state index contributed by atoms with van der Waals surface area (Å²) < 4.78 is 0. The van der Waals surface area contributed by atoms with E-state index in [0.717, 1.165) is 13.0 Å². The fourth-order valence-corrected chi connectivity index (χ4v) is 1.14. The van der Waals surface area contributed by atoms with Gasteiger partial charge in [-0.1, -0.05) is 0 Å². The summed E-state index contributed by atoms with van der Waals surface area (Å²) in [6.45, 7) is 0.816. The van der Waals surface area contributed by atoms with E-state index in [1.54, 1.807) is 0 Å². The molecule has 0 aromatic rings. The molecule has 3 N–H and O–H groups in total. The quantitative estimate of drug-likeness (QED) is 0.598. The van der Waals surface area contributed by atoms with E-state index in [9.17, 15) is 4.79 Å². The van der Waals surface area contributed by atoms with Gasteiger partial charge in [0.25, 0.3) is 0 Å². The van der Waals surface area contributed by atoms with Crippen LogP contribution in [-0.2, 0) is 4.79 Å².